The molecule has 0 N–H and O–H groups in total. The van der Waals surface area contributed by atoms with Crippen LogP contribution in [0.2, 0.25) is 0 Å². The van der Waals surface area contributed by atoms with E-state index in [2.05, 4.69) is 0 Å². The predicted molar refractivity (Wildman–Crippen MR) is 75.1 cm³/mol. The molecule has 0 radical (unpaired) electrons. The van der Waals surface area contributed by atoms with E-state index in [0.717, 1.165) is 32.0 Å². The van der Waals surface area contributed by atoms with Crippen molar-refractivity contribution in [1.29, 1.82) is 5.26 Å². The van der Waals surface area contributed by atoms with Crippen molar-refractivity contribution < 1.29 is 13.2 Å². The zero-order chi connectivity index (χ0) is 15.6. The maximum absolute atomic E-state index is 13.0. The number of likely N-dealkylation sites (N-methyl/N-ethyl adjacent to an activating group) is 1. The van der Waals surface area contributed by atoms with Crippen molar-refractivity contribution in [3.63, 3.8) is 0 Å². The van der Waals surface area contributed by atoms with Crippen LogP contribution in [0.25, 0.3) is 0 Å². The lowest BCUT2D eigenvalue weighted by atomic mass is 10.1. The minimum atomic E-state index is -4.50. The van der Waals surface area contributed by atoms with Gasteiger partial charge >= 0.3 is 6.18 Å². The Morgan fingerprint density at radius 1 is 1.38 bits per heavy atom. The monoisotopic (exact) mass is 297 g/mol. The van der Waals surface area contributed by atoms with Crippen LogP contribution in [0.15, 0.2) is 18.2 Å². The highest BCUT2D eigenvalue weighted by Gasteiger charge is 2.35. The molecule has 3 nitrogen and oxygen atoms in total. The van der Waals surface area contributed by atoms with E-state index in [1.165, 1.54) is 6.07 Å². The van der Waals surface area contributed by atoms with Crippen molar-refractivity contribution in [3.8, 4) is 6.07 Å². The van der Waals surface area contributed by atoms with Gasteiger partial charge in [-0.1, -0.05) is 0 Å². The first kappa shape index (κ1) is 15.6. The molecule has 1 atom stereocenters. The zero-order valence-electron chi connectivity index (χ0n) is 12.1. The van der Waals surface area contributed by atoms with E-state index in [-0.39, 0.29) is 11.6 Å². The second-order valence-corrected chi connectivity index (χ2v) is 5.59. The lowest BCUT2D eigenvalue weighted by Crippen LogP contribution is -2.37. The molecular weight excluding hydrogens is 279 g/mol. The normalized spacial score (nSPS) is 19.1. The van der Waals surface area contributed by atoms with Crippen LogP contribution in [0.3, 0.4) is 0 Å². The summed E-state index contributed by atoms with van der Waals surface area (Å²) in [7, 11) is 3.91. The Morgan fingerprint density at radius 2 is 2.10 bits per heavy atom. The fraction of sp³-hybridized carbons (Fsp3) is 0.533. The number of hydrogen-bond acceptors (Lipinski definition) is 3. The van der Waals surface area contributed by atoms with Crippen molar-refractivity contribution in [2.24, 2.45) is 0 Å². The molecular formula is C15H18F3N3. The SMILES string of the molecule is CN(C)CC1CCCN1c1ccc(C#N)c(C(F)(F)F)c1. The fourth-order valence-electron chi connectivity index (χ4n) is 2.83. The molecule has 21 heavy (non-hydrogen) atoms. The van der Waals surface area contributed by atoms with E-state index in [9.17, 15) is 13.2 Å². The topological polar surface area (TPSA) is 30.3 Å². The molecule has 1 aliphatic heterocycles. The highest BCUT2D eigenvalue weighted by molar-refractivity contribution is 5.56. The molecule has 0 saturated carbocycles. The van der Waals surface area contributed by atoms with Gasteiger partial charge in [0.1, 0.15) is 0 Å². The van der Waals surface area contributed by atoms with E-state index in [0.29, 0.717) is 5.69 Å². The van der Waals surface area contributed by atoms with Gasteiger partial charge in [0, 0.05) is 24.8 Å². The van der Waals surface area contributed by atoms with E-state index in [1.807, 2.05) is 23.9 Å². The zero-order valence-corrected chi connectivity index (χ0v) is 12.1. The molecule has 1 aromatic rings. The average molecular weight is 297 g/mol. The third-order valence-electron chi connectivity index (χ3n) is 3.71. The molecule has 0 bridgehead atoms. The number of halogens is 3. The summed E-state index contributed by atoms with van der Waals surface area (Å²) in [6.07, 6.45) is -2.56. The van der Waals surface area contributed by atoms with E-state index in [4.69, 9.17) is 5.26 Å². The van der Waals surface area contributed by atoms with Crippen LogP contribution in [0.4, 0.5) is 18.9 Å². The number of alkyl halides is 3. The first-order valence-corrected chi connectivity index (χ1v) is 6.85. The van der Waals surface area contributed by atoms with Crippen molar-refractivity contribution in [3.05, 3.63) is 29.3 Å². The van der Waals surface area contributed by atoms with Crippen LogP contribution < -0.4 is 4.90 Å². The van der Waals surface area contributed by atoms with Gasteiger partial charge in [-0.25, -0.2) is 0 Å². The third-order valence-corrected chi connectivity index (χ3v) is 3.71. The van der Waals surface area contributed by atoms with Crippen LogP contribution in [0.5, 0.6) is 0 Å². The van der Waals surface area contributed by atoms with Gasteiger partial charge < -0.3 is 9.80 Å². The highest BCUT2D eigenvalue weighted by Crippen LogP contribution is 2.36. The quantitative estimate of drug-likeness (QED) is 0.859. The summed E-state index contributed by atoms with van der Waals surface area (Å²) in [5, 5.41) is 8.84. The average Bonchev–Trinajstić information content (AvgIpc) is 2.84. The molecule has 0 aliphatic carbocycles. The minimum absolute atomic E-state index is 0.217. The Hall–Kier alpha value is -1.74. The van der Waals surface area contributed by atoms with E-state index < -0.39 is 11.7 Å². The van der Waals surface area contributed by atoms with Crippen molar-refractivity contribution >= 4 is 5.69 Å². The molecule has 1 unspecified atom stereocenters. The summed E-state index contributed by atoms with van der Waals surface area (Å²) in [5.41, 5.74) is -0.627. The molecule has 1 heterocycles. The Labute approximate surface area is 122 Å². The van der Waals surface area contributed by atoms with Gasteiger partial charge in [0.05, 0.1) is 17.2 Å². The van der Waals surface area contributed by atoms with Gasteiger partial charge in [0.2, 0.25) is 0 Å². The molecule has 2 rings (SSSR count). The molecule has 1 saturated heterocycles. The van der Waals surface area contributed by atoms with Gasteiger partial charge in [-0.15, -0.1) is 0 Å². The summed E-state index contributed by atoms with van der Waals surface area (Å²) in [5.74, 6) is 0. The van der Waals surface area contributed by atoms with Crippen molar-refractivity contribution in [2.75, 3.05) is 32.1 Å². The second kappa shape index (κ2) is 5.94. The van der Waals surface area contributed by atoms with Crippen LogP contribution in [0.1, 0.15) is 24.0 Å². The first-order chi connectivity index (χ1) is 9.82. The van der Waals surface area contributed by atoms with Crippen LogP contribution in [-0.2, 0) is 6.18 Å². The lowest BCUT2D eigenvalue weighted by molar-refractivity contribution is -0.137. The summed E-state index contributed by atoms with van der Waals surface area (Å²) in [6, 6.07) is 5.82. The molecule has 1 aromatic carbocycles. The van der Waals surface area contributed by atoms with Crippen LogP contribution in [0, 0.1) is 11.3 Å². The summed E-state index contributed by atoms with van der Waals surface area (Å²) in [4.78, 5) is 4.05. The first-order valence-electron chi connectivity index (χ1n) is 6.85. The second-order valence-electron chi connectivity index (χ2n) is 5.59. The number of anilines is 1. The molecule has 6 heteroatoms. The number of nitriles is 1. The standard InChI is InChI=1S/C15H18F3N3/c1-20(2)10-13-4-3-7-21(13)12-6-5-11(9-19)14(8-12)15(16,17)18/h5-6,8,13H,3-4,7,10H2,1-2H3. The van der Waals surface area contributed by atoms with Gasteiger partial charge in [-0.3, -0.25) is 0 Å². The summed E-state index contributed by atoms with van der Waals surface area (Å²) in [6.45, 7) is 1.56. The lowest BCUT2D eigenvalue weighted by Gasteiger charge is -2.29. The molecule has 0 aromatic heterocycles. The van der Waals surface area contributed by atoms with Crippen molar-refractivity contribution in [1.82, 2.24) is 4.90 Å². The fourth-order valence-corrected chi connectivity index (χ4v) is 2.83. The molecule has 0 amide bonds. The van der Waals surface area contributed by atoms with E-state index in [1.54, 1.807) is 12.1 Å². The van der Waals surface area contributed by atoms with Crippen LogP contribution in [-0.4, -0.2) is 38.1 Å². The van der Waals surface area contributed by atoms with Crippen molar-refractivity contribution in [2.45, 2.75) is 25.1 Å². The van der Waals surface area contributed by atoms with Gasteiger partial charge in [0.25, 0.3) is 0 Å². The summed E-state index contributed by atoms with van der Waals surface area (Å²) < 4.78 is 39.1. The predicted octanol–water partition coefficient (Wildman–Crippen LogP) is 3.11. The molecule has 114 valence electrons. The summed E-state index contributed by atoms with van der Waals surface area (Å²) >= 11 is 0. The van der Waals surface area contributed by atoms with Crippen LogP contribution >= 0.6 is 0 Å². The smallest absolute Gasteiger partial charge is 0.367 e. The molecule has 1 fully saturated rings. The Bertz CT molecular complexity index is 546. The van der Waals surface area contributed by atoms with Gasteiger partial charge in [-0.05, 0) is 45.1 Å². The van der Waals surface area contributed by atoms with Gasteiger partial charge in [0.15, 0.2) is 0 Å². The molecule has 0 spiro atoms. The Morgan fingerprint density at radius 3 is 2.67 bits per heavy atom. The number of rotatable bonds is 3. The van der Waals surface area contributed by atoms with Gasteiger partial charge in [-0.2, -0.15) is 18.4 Å². The highest BCUT2D eigenvalue weighted by atomic mass is 19.4. The Balaban J connectivity index is 2.34. The largest absolute Gasteiger partial charge is 0.417 e. The third kappa shape index (κ3) is 3.48. The van der Waals surface area contributed by atoms with E-state index >= 15 is 0 Å². The Kier molecular flexibility index (Phi) is 4.43. The molecule has 1 aliphatic rings. The number of benzene rings is 1. The maximum Gasteiger partial charge on any atom is 0.417 e. The minimum Gasteiger partial charge on any atom is -0.367 e. The number of hydrogen-bond donors (Lipinski definition) is 0. The maximum atomic E-state index is 13.0. The number of nitrogens with zero attached hydrogens (tertiary/aromatic N) is 3.